The highest BCUT2D eigenvalue weighted by Gasteiger charge is 2.20. The van der Waals surface area contributed by atoms with Crippen LogP contribution in [0, 0.1) is 20.8 Å². The summed E-state index contributed by atoms with van der Waals surface area (Å²) in [4.78, 5) is 0. The molecular weight excluding hydrogens is 326 g/mol. The highest BCUT2D eigenvalue weighted by atomic mass is 79.9. The number of nitrogens with two attached hydrogens (primary N) is 1. The molecule has 0 aliphatic heterocycles. The summed E-state index contributed by atoms with van der Waals surface area (Å²) in [6.07, 6.45) is 0. The van der Waals surface area contributed by atoms with Crippen molar-refractivity contribution in [3.63, 3.8) is 0 Å². The van der Waals surface area contributed by atoms with Crippen molar-refractivity contribution in [2.45, 2.75) is 26.8 Å². The predicted molar refractivity (Wildman–Crippen MR) is 90.6 cm³/mol. The van der Waals surface area contributed by atoms with Gasteiger partial charge in [-0.1, -0.05) is 39.7 Å². The first kappa shape index (κ1) is 14.4. The summed E-state index contributed by atoms with van der Waals surface area (Å²) in [7, 11) is 0. The van der Waals surface area contributed by atoms with Gasteiger partial charge in [0.2, 0.25) is 0 Å². The molecule has 0 radical (unpaired) electrons. The van der Waals surface area contributed by atoms with Gasteiger partial charge in [-0.3, -0.25) is 0 Å². The molecule has 0 spiro atoms. The minimum atomic E-state index is -0.239. The van der Waals surface area contributed by atoms with Crippen molar-refractivity contribution in [2.75, 3.05) is 0 Å². The Balaban J connectivity index is 2.13. The third-order valence-electron chi connectivity index (χ3n) is 3.98. The van der Waals surface area contributed by atoms with Crippen LogP contribution in [0.5, 0.6) is 0 Å². The van der Waals surface area contributed by atoms with E-state index < -0.39 is 0 Å². The van der Waals surface area contributed by atoms with Crippen molar-refractivity contribution in [3.8, 4) is 0 Å². The van der Waals surface area contributed by atoms with Gasteiger partial charge in [0.25, 0.3) is 0 Å². The molecule has 3 aromatic rings. The first-order valence-electron chi connectivity index (χ1n) is 6.98. The molecule has 1 atom stereocenters. The Morgan fingerprint density at radius 3 is 2.52 bits per heavy atom. The molecule has 108 valence electrons. The number of fused-ring (bicyclic) bond motifs is 1. The fraction of sp³-hybridized carbons (Fsp3) is 0.222. The van der Waals surface area contributed by atoms with Crippen LogP contribution in [0.4, 0.5) is 0 Å². The summed E-state index contributed by atoms with van der Waals surface area (Å²) in [6, 6.07) is 12.1. The Labute approximate surface area is 133 Å². The van der Waals surface area contributed by atoms with Crippen LogP contribution in [-0.4, -0.2) is 0 Å². The van der Waals surface area contributed by atoms with Crippen molar-refractivity contribution in [1.29, 1.82) is 0 Å². The average molecular weight is 344 g/mol. The molecule has 2 aromatic carbocycles. The van der Waals surface area contributed by atoms with Gasteiger partial charge >= 0.3 is 0 Å². The molecule has 0 aliphatic rings. The number of aryl methyl sites for hydroxylation is 3. The summed E-state index contributed by atoms with van der Waals surface area (Å²) < 4.78 is 7.06. The Morgan fingerprint density at radius 1 is 1.05 bits per heavy atom. The molecule has 0 saturated carbocycles. The van der Waals surface area contributed by atoms with Crippen LogP contribution < -0.4 is 5.73 Å². The van der Waals surface area contributed by atoms with E-state index in [1.54, 1.807) is 0 Å². The molecule has 0 bridgehead atoms. The highest BCUT2D eigenvalue weighted by molar-refractivity contribution is 9.10. The van der Waals surface area contributed by atoms with Gasteiger partial charge < -0.3 is 10.2 Å². The third kappa shape index (κ3) is 2.52. The summed E-state index contributed by atoms with van der Waals surface area (Å²) in [6.45, 7) is 6.25. The zero-order chi connectivity index (χ0) is 15.1. The smallest absolute Gasteiger partial charge is 0.134 e. The van der Waals surface area contributed by atoms with E-state index in [0.29, 0.717) is 0 Å². The van der Waals surface area contributed by atoms with Crippen LogP contribution in [0.25, 0.3) is 11.0 Å². The first-order valence-corrected chi connectivity index (χ1v) is 7.78. The van der Waals surface area contributed by atoms with E-state index in [2.05, 4.69) is 61.0 Å². The largest absolute Gasteiger partial charge is 0.459 e. The SMILES string of the molecule is Cc1ccc(C(N)c2oc3ccc(Br)cc3c2C)c(C)c1. The van der Waals surface area contributed by atoms with Crippen LogP contribution in [0.2, 0.25) is 0 Å². The number of benzene rings is 2. The normalized spacial score (nSPS) is 12.8. The molecule has 0 saturated heterocycles. The second-order valence-corrected chi connectivity index (χ2v) is 6.49. The summed E-state index contributed by atoms with van der Waals surface area (Å²) in [5, 5.41) is 1.11. The zero-order valence-corrected chi connectivity index (χ0v) is 14.0. The molecule has 1 heterocycles. The number of furan rings is 1. The molecule has 1 unspecified atom stereocenters. The van der Waals surface area contributed by atoms with Gasteiger partial charge in [-0.05, 0) is 50.1 Å². The molecule has 2 nitrogen and oxygen atoms in total. The minimum absolute atomic E-state index is 0.239. The maximum atomic E-state index is 6.46. The van der Waals surface area contributed by atoms with Crippen LogP contribution >= 0.6 is 15.9 Å². The fourth-order valence-electron chi connectivity index (χ4n) is 2.82. The Bertz CT molecular complexity index is 819. The lowest BCUT2D eigenvalue weighted by Crippen LogP contribution is -2.13. The Hall–Kier alpha value is -1.58. The quantitative estimate of drug-likeness (QED) is 0.697. The number of hydrogen-bond acceptors (Lipinski definition) is 2. The van der Waals surface area contributed by atoms with Gasteiger partial charge in [-0.15, -0.1) is 0 Å². The maximum absolute atomic E-state index is 6.46. The molecule has 0 fully saturated rings. The van der Waals surface area contributed by atoms with Crippen LogP contribution in [0.15, 0.2) is 45.3 Å². The van der Waals surface area contributed by atoms with E-state index in [1.165, 1.54) is 11.1 Å². The Morgan fingerprint density at radius 2 is 1.81 bits per heavy atom. The van der Waals surface area contributed by atoms with Crippen LogP contribution in [-0.2, 0) is 0 Å². The average Bonchev–Trinajstić information content (AvgIpc) is 2.75. The lowest BCUT2D eigenvalue weighted by atomic mass is 9.96. The lowest BCUT2D eigenvalue weighted by Gasteiger charge is -2.14. The van der Waals surface area contributed by atoms with Crippen molar-refractivity contribution in [2.24, 2.45) is 5.73 Å². The molecule has 0 amide bonds. The van der Waals surface area contributed by atoms with Crippen molar-refractivity contribution in [1.82, 2.24) is 0 Å². The highest BCUT2D eigenvalue weighted by Crippen LogP contribution is 2.34. The van der Waals surface area contributed by atoms with Gasteiger partial charge in [-0.25, -0.2) is 0 Å². The van der Waals surface area contributed by atoms with E-state index >= 15 is 0 Å². The molecule has 21 heavy (non-hydrogen) atoms. The first-order chi connectivity index (χ1) is 9.97. The topological polar surface area (TPSA) is 39.2 Å². The van der Waals surface area contributed by atoms with Gasteiger partial charge in [0.1, 0.15) is 11.3 Å². The van der Waals surface area contributed by atoms with Crippen molar-refractivity contribution in [3.05, 3.63) is 68.9 Å². The van der Waals surface area contributed by atoms with Gasteiger partial charge in [0, 0.05) is 15.4 Å². The second-order valence-electron chi connectivity index (χ2n) is 5.57. The monoisotopic (exact) mass is 343 g/mol. The van der Waals surface area contributed by atoms with Gasteiger partial charge in [0.15, 0.2) is 0 Å². The molecule has 2 N–H and O–H groups in total. The lowest BCUT2D eigenvalue weighted by molar-refractivity contribution is 0.520. The molecule has 0 aliphatic carbocycles. The van der Waals surface area contributed by atoms with Crippen molar-refractivity contribution < 1.29 is 4.42 Å². The molecular formula is C18H18BrNO. The van der Waals surface area contributed by atoms with Gasteiger partial charge in [-0.2, -0.15) is 0 Å². The minimum Gasteiger partial charge on any atom is -0.459 e. The van der Waals surface area contributed by atoms with Crippen molar-refractivity contribution >= 4 is 26.9 Å². The molecule has 3 heteroatoms. The van der Waals surface area contributed by atoms with E-state index in [-0.39, 0.29) is 6.04 Å². The van der Waals surface area contributed by atoms with E-state index in [9.17, 15) is 0 Å². The molecule has 1 aromatic heterocycles. The fourth-order valence-corrected chi connectivity index (χ4v) is 3.19. The van der Waals surface area contributed by atoms with Gasteiger partial charge in [0.05, 0.1) is 6.04 Å². The number of halogens is 1. The number of rotatable bonds is 2. The van der Waals surface area contributed by atoms with Crippen LogP contribution in [0.1, 0.15) is 34.1 Å². The molecule has 3 rings (SSSR count). The van der Waals surface area contributed by atoms with E-state index in [0.717, 1.165) is 32.3 Å². The number of hydrogen-bond donors (Lipinski definition) is 1. The second kappa shape index (κ2) is 5.32. The summed E-state index contributed by atoms with van der Waals surface area (Å²) in [5.41, 5.74) is 12.0. The zero-order valence-electron chi connectivity index (χ0n) is 12.4. The third-order valence-corrected chi connectivity index (χ3v) is 4.47. The standard InChI is InChI=1S/C18H18BrNO/c1-10-4-6-14(11(2)8-10)17(20)18-12(3)15-9-13(19)5-7-16(15)21-18/h4-9,17H,20H2,1-3H3. The van der Waals surface area contributed by atoms with E-state index in [1.807, 2.05) is 12.1 Å². The summed E-state index contributed by atoms with van der Waals surface area (Å²) in [5.74, 6) is 0.843. The van der Waals surface area contributed by atoms with Crippen LogP contribution in [0.3, 0.4) is 0 Å². The maximum Gasteiger partial charge on any atom is 0.134 e. The van der Waals surface area contributed by atoms with E-state index in [4.69, 9.17) is 10.2 Å². The summed E-state index contributed by atoms with van der Waals surface area (Å²) >= 11 is 3.50. The predicted octanol–water partition coefficient (Wildman–Crippen LogP) is 5.17. The Kier molecular flexibility index (Phi) is 3.64.